The van der Waals surface area contributed by atoms with Crippen LogP contribution in [0.4, 0.5) is 4.39 Å². The summed E-state index contributed by atoms with van der Waals surface area (Å²) in [6.07, 6.45) is 1.93. The Bertz CT molecular complexity index is 361. The Kier molecular flexibility index (Phi) is 3.83. The van der Waals surface area contributed by atoms with Crippen molar-refractivity contribution in [3.63, 3.8) is 0 Å². The fourth-order valence-electron chi connectivity index (χ4n) is 1.62. The van der Waals surface area contributed by atoms with Gasteiger partial charge in [-0.05, 0) is 36.1 Å². The predicted octanol–water partition coefficient (Wildman–Crippen LogP) is 3.43. The average molecular weight is 210 g/mol. The van der Waals surface area contributed by atoms with Crippen LogP contribution >= 0.6 is 0 Å². The van der Waals surface area contributed by atoms with Crippen LogP contribution in [0.15, 0.2) is 18.2 Å². The van der Waals surface area contributed by atoms with Gasteiger partial charge in [-0.15, -0.1) is 0 Å². The van der Waals surface area contributed by atoms with Gasteiger partial charge >= 0.3 is 5.97 Å². The van der Waals surface area contributed by atoms with E-state index in [-0.39, 0.29) is 11.5 Å². The molecule has 1 aromatic carbocycles. The molecule has 0 aliphatic heterocycles. The summed E-state index contributed by atoms with van der Waals surface area (Å²) >= 11 is 0. The molecule has 0 aliphatic rings. The first-order chi connectivity index (χ1) is 7.04. The van der Waals surface area contributed by atoms with Gasteiger partial charge < -0.3 is 5.11 Å². The molecule has 0 heterocycles. The normalized spacial score (nSPS) is 12.5. The topological polar surface area (TPSA) is 37.3 Å². The van der Waals surface area contributed by atoms with Gasteiger partial charge in [0.15, 0.2) is 0 Å². The number of benzene rings is 1. The molecule has 15 heavy (non-hydrogen) atoms. The monoisotopic (exact) mass is 210 g/mol. The van der Waals surface area contributed by atoms with Crippen LogP contribution in [0.25, 0.3) is 0 Å². The van der Waals surface area contributed by atoms with Gasteiger partial charge in [0.25, 0.3) is 0 Å². The Morgan fingerprint density at radius 3 is 2.67 bits per heavy atom. The third-order valence-electron chi connectivity index (χ3n) is 2.46. The van der Waals surface area contributed by atoms with Crippen LogP contribution in [0.3, 0.4) is 0 Å². The van der Waals surface area contributed by atoms with Crippen molar-refractivity contribution in [2.75, 3.05) is 0 Å². The van der Waals surface area contributed by atoms with Crippen LogP contribution in [0.1, 0.15) is 48.5 Å². The lowest BCUT2D eigenvalue weighted by Gasteiger charge is -2.11. The zero-order valence-electron chi connectivity index (χ0n) is 8.96. The molecule has 0 fully saturated rings. The molecular formula is C12H15FO2. The summed E-state index contributed by atoms with van der Waals surface area (Å²) in [7, 11) is 0. The quantitative estimate of drug-likeness (QED) is 0.826. The van der Waals surface area contributed by atoms with Gasteiger partial charge in [-0.1, -0.05) is 20.3 Å². The number of carboxylic acids is 1. The zero-order valence-corrected chi connectivity index (χ0v) is 8.96. The van der Waals surface area contributed by atoms with E-state index < -0.39 is 11.8 Å². The molecule has 1 aromatic rings. The molecule has 2 nitrogen and oxygen atoms in total. The van der Waals surface area contributed by atoms with Gasteiger partial charge in [0.05, 0.1) is 5.56 Å². The van der Waals surface area contributed by atoms with Crippen LogP contribution in [0, 0.1) is 5.82 Å². The summed E-state index contributed by atoms with van der Waals surface area (Å²) < 4.78 is 13.1. The van der Waals surface area contributed by atoms with Gasteiger partial charge in [0.2, 0.25) is 0 Å². The van der Waals surface area contributed by atoms with Crippen LogP contribution in [-0.4, -0.2) is 11.1 Å². The zero-order chi connectivity index (χ0) is 11.4. The second-order valence-corrected chi connectivity index (χ2v) is 3.77. The number of carbonyl (C=O) groups is 1. The van der Waals surface area contributed by atoms with Crippen molar-refractivity contribution in [2.24, 2.45) is 0 Å². The van der Waals surface area contributed by atoms with E-state index in [0.717, 1.165) is 24.5 Å². The molecule has 0 amide bonds. The summed E-state index contributed by atoms with van der Waals surface area (Å²) in [5.74, 6) is -1.36. The smallest absolute Gasteiger partial charge is 0.335 e. The lowest BCUT2D eigenvalue weighted by molar-refractivity contribution is 0.0696. The molecule has 0 aliphatic carbocycles. The van der Waals surface area contributed by atoms with E-state index in [2.05, 4.69) is 0 Å². The average Bonchev–Trinajstić information content (AvgIpc) is 2.17. The van der Waals surface area contributed by atoms with E-state index in [4.69, 9.17) is 5.11 Å². The third kappa shape index (κ3) is 3.05. The van der Waals surface area contributed by atoms with Crippen molar-refractivity contribution in [1.29, 1.82) is 0 Å². The molecule has 1 N–H and O–H groups in total. The van der Waals surface area contributed by atoms with E-state index in [1.54, 1.807) is 6.07 Å². The molecular weight excluding hydrogens is 195 g/mol. The predicted molar refractivity (Wildman–Crippen MR) is 56.7 cm³/mol. The van der Waals surface area contributed by atoms with E-state index in [9.17, 15) is 9.18 Å². The molecule has 0 bridgehead atoms. The highest BCUT2D eigenvalue weighted by atomic mass is 19.1. The van der Waals surface area contributed by atoms with Crippen LogP contribution < -0.4 is 0 Å². The number of rotatable bonds is 4. The first-order valence-corrected chi connectivity index (χ1v) is 5.08. The first kappa shape index (κ1) is 11.7. The highest BCUT2D eigenvalue weighted by molar-refractivity contribution is 5.87. The summed E-state index contributed by atoms with van der Waals surface area (Å²) in [5, 5.41) is 8.78. The summed E-state index contributed by atoms with van der Waals surface area (Å²) in [6, 6.07) is 4.00. The molecule has 82 valence electrons. The Balaban J connectivity index is 3.03. The highest BCUT2D eigenvalue weighted by Gasteiger charge is 2.11. The van der Waals surface area contributed by atoms with Gasteiger partial charge in [-0.25, -0.2) is 9.18 Å². The molecule has 1 atom stereocenters. The van der Waals surface area contributed by atoms with E-state index in [0.29, 0.717) is 0 Å². The second-order valence-electron chi connectivity index (χ2n) is 3.77. The molecule has 0 radical (unpaired) electrons. The maximum Gasteiger partial charge on any atom is 0.335 e. The van der Waals surface area contributed by atoms with Crippen molar-refractivity contribution in [1.82, 2.24) is 0 Å². The molecule has 0 spiro atoms. The lowest BCUT2D eigenvalue weighted by Crippen LogP contribution is -2.01. The van der Waals surface area contributed by atoms with Gasteiger partial charge in [0.1, 0.15) is 5.82 Å². The van der Waals surface area contributed by atoms with Crippen LogP contribution in [0.2, 0.25) is 0 Å². The number of hydrogen-bond donors (Lipinski definition) is 1. The molecule has 1 rings (SSSR count). The standard InChI is InChI=1S/C12H15FO2/c1-3-4-8(2)9-5-10(12(14)15)7-11(13)6-9/h5-8H,3-4H2,1-2H3,(H,14,15). The molecule has 1 unspecified atom stereocenters. The van der Waals surface area contributed by atoms with Gasteiger partial charge in [-0.3, -0.25) is 0 Å². The van der Waals surface area contributed by atoms with Gasteiger partial charge in [-0.2, -0.15) is 0 Å². The summed E-state index contributed by atoms with van der Waals surface area (Å²) in [5.41, 5.74) is 0.780. The number of halogens is 1. The van der Waals surface area contributed by atoms with Crippen LogP contribution in [0.5, 0.6) is 0 Å². The largest absolute Gasteiger partial charge is 0.478 e. The van der Waals surface area contributed by atoms with Crippen molar-refractivity contribution in [3.05, 3.63) is 35.1 Å². The van der Waals surface area contributed by atoms with Gasteiger partial charge in [0, 0.05) is 0 Å². The maximum atomic E-state index is 13.1. The van der Waals surface area contributed by atoms with E-state index >= 15 is 0 Å². The van der Waals surface area contributed by atoms with Crippen molar-refractivity contribution in [2.45, 2.75) is 32.6 Å². The lowest BCUT2D eigenvalue weighted by atomic mass is 9.95. The first-order valence-electron chi connectivity index (χ1n) is 5.08. The summed E-state index contributed by atoms with van der Waals surface area (Å²) in [6.45, 7) is 4.03. The fourth-order valence-corrected chi connectivity index (χ4v) is 1.62. The fraction of sp³-hybridized carbons (Fsp3) is 0.417. The molecule has 0 aromatic heterocycles. The Hall–Kier alpha value is -1.38. The minimum Gasteiger partial charge on any atom is -0.478 e. The third-order valence-corrected chi connectivity index (χ3v) is 2.46. The highest BCUT2D eigenvalue weighted by Crippen LogP contribution is 2.22. The SMILES string of the molecule is CCCC(C)c1cc(F)cc(C(=O)O)c1. The van der Waals surface area contributed by atoms with Crippen molar-refractivity contribution < 1.29 is 14.3 Å². The minimum absolute atomic E-state index is 0.0213. The van der Waals surface area contributed by atoms with Crippen molar-refractivity contribution in [3.8, 4) is 0 Å². The Morgan fingerprint density at radius 2 is 2.13 bits per heavy atom. The minimum atomic E-state index is -1.08. The van der Waals surface area contributed by atoms with Crippen LogP contribution in [-0.2, 0) is 0 Å². The second kappa shape index (κ2) is 4.91. The Morgan fingerprint density at radius 1 is 1.47 bits per heavy atom. The number of carboxylic acid groups (broad SMARTS) is 1. The van der Waals surface area contributed by atoms with E-state index in [1.165, 1.54) is 6.07 Å². The maximum absolute atomic E-state index is 13.1. The van der Waals surface area contributed by atoms with E-state index in [1.807, 2.05) is 13.8 Å². The summed E-state index contributed by atoms with van der Waals surface area (Å²) in [4.78, 5) is 10.7. The molecule has 0 saturated carbocycles. The number of aromatic carboxylic acids is 1. The molecule has 0 saturated heterocycles. The van der Waals surface area contributed by atoms with Crippen molar-refractivity contribution >= 4 is 5.97 Å². The Labute approximate surface area is 88.7 Å². The molecule has 3 heteroatoms. The number of hydrogen-bond acceptors (Lipinski definition) is 1.